The van der Waals surface area contributed by atoms with Crippen molar-refractivity contribution in [2.24, 2.45) is 5.92 Å². The molecule has 23 heavy (non-hydrogen) atoms. The van der Waals surface area contributed by atoms with Gasteiger partial charge in [0.25, 0.3) is 0 Å². The first-order chi connectivity index (χ1) is 11.2. The van der Waals surface area contributed by atoms with Crippen molar-refractivity contribution < 1.29 is 9.53 Å². The van der Waals surface area contributed by atoms with Crippen molar-refractivity contribution in [2.75, 3.05) is 51.3 Å². The molecule has 2 aliphatic rings. The molecule has 2 heterocycles. The molecule has 0 aromatic heterocycles. The minimum absolute atomic E-state index is 0.193. The number of halogens is 1. The van der Waals surface area contributed by atoms with Crippen molar-refractivity contribution >= 4 is 23.2 Å². The molecular weight excluding hydrogens is 314 g/mol. The number of hydrogen-bond donors (Lipinski definition) is 1. The molecule has 1 N–H and O–H groups in total. The predicted molar refractivity (Wildman–Crippen MR) is 92.4 cm³/mol. The number of carbonyl (C=O) groups is 1. The van der Waals surface area contributed by atoms with Gasteiger partial charge in [-0.05, 0) is 50.6 Å². The van der Waals surface area contributed by atoms with Gasteiger partial charge in [-0.15, -0.1) is 0 Å². The van der Waals surface area contributed by atoms with E-state index < -0.39 is 0 Å². The molecule has 126 valence electrons. The third-order valence-electron chi connectivity index (χ3n) is 4.57. The Kier molecular flexibility index (Phi) is 5.28. The molecule has 0 saturated carbocycles. The molecule has 1 amide bonds. The average Bonchev–Trinajstić information content (AvgIpc) is 2.56. The zero-order chi connectivity index (χ0) is 16.2. The first-order valence-corrected chi connectivity index (χ1v) is 8.65. The number of benzene rings is 1. The van der Waals surface area contributed by atoms with E-state index >= 15 is 0 Å². The largest absolute Gasteiger partial charge is 0.490 e. The molecule has 6 heteroatoms. The Balaban J connectivity index is 1.66. The van der Waals surface area contributed by atoms with E-state index in [-0.39, 0.29) is 5.91 Å². The number of likely N-dealkylation sites (tertiary alicyclic amines) is 1. The fraction of sp³-hybridized carbons (Fsp3) is 0.588. The normalized spacial score (nSPS) is 20.9. The number of nitrogens with one attached hydrogen (secondary N) is 1. The van der Waals surface area contributed by atoms with Gasteiger partial charge in [-0.3, -0.25) is 4.79 Å². The summed E-state index contributed by atoms with van der Waals surface area (Å²) in [6.07, 6.45) is 2.28. The van der Waals surface area contributed by atoms with E-state index in [1.54, 1.807) is 0 Å². The number of piperidine rings is 1. The summed E-state index contributed by atoms with van der Waals surface area (Å²) in [5.74, 6) is 1.56. The van der Waals surface area contributed by atoms with Gasteiger partial charge in [0.15, 0.2) is 0 Å². The van der Waals surface area contributed by atoms with Gasteiger partial charge in [0, 0.05) is 18.1 Å². The summed E-state index contributed by atoms with van der Waals surface area (Å²) in [5.41, 5.74) is 0.917. The van der Waals surface area contributed by atoms with Gasteiger partial charge in [0.1, 0.15) is 12.4 Å². The summed E-state index contributed by atoms with van der Waals surface area (Å²) in [4.78, 5) is 16.8. The Hall–Kier alpha value is -1.46. The lowest BCUT2D eigenvalue weighted by molar-refractivity contribution is -0.131. The molecule has 0 radical (unpaired) electrons. The highest BCUT2D eigenvalue weighted by atomic mass is 35.5. The number of amides is 1. The molecule has 0 aliphatic carbocycles. The Morgan fingerprint density at radius 1 is 1.43 bits per heavy atom. The highest BCUT2D eigenvalue weighted by molar-refractivity contribution is 6.31. The Morgan fingerprint density at radius 3 is 3.13 bits per heavy atom. The van der Waals surface area contributed by atoms with Crippen LogP contribution in [0.2, 0.25) is 5.02 Å². The third-order valence-corrected chi connectivity index (χ3v) is 4.81. The highest BCUT2D eigenvalue weighted by Gasteiger charge is 2.26. The number of anilines is 1. The fourth-order valence-electron chi connectivity index (χ4n) is 3.42. The molecule has 0 spiro atoms. The first-order valence-electron chi connectivity index (χ1n) is 8.27. The Morgan fingerprint density at radius 2 is 2.30 bits per heavy atom. The molecule has 2 aliphatic heterocycles. The fourth-order valence-corrected chi connectivity index (χ4v) is 3.59. The van der Waals surface area contributed by atoms with E-state index in [4.69, 9.17) is 16.3 Å². The number of carbonyl (C=O) groups excluding carboxylic acids is 1. The van der Waals surface area contributed by atoms with Crippen LogP contribution in [0.25, 0.3) is 0 Å². The summed E-state index contributed by atoms with van der Waals surface area (Å²) in [6.45, 7) is 4.40. The van der Waals surface area contributed by atoms with Crippen molar-refractivity contribution in [3.63, 3.8) is 0 Å². The Labute approximate surface area is 142 Å². The second-order valence-corrected chi connectivity index (χ2v) is 6.72. The van der Waals surface area contributed by atoms with Crippen LogP contribution in [-0.4, -0.2) is 57.2 Å². The lowest BCUT2D eigenvalue weighted by Gasteiger charge is -2.36. The molecule has 1 saturated heterocycles. The van der Waals surface area contributed by atoms with Gasteiger partial charge in [-0.2, -0.15) is 0 Å². The summed E-state index contributed by atoms with van der Waals surface area (Å²) in [5, 5.41) is 3.88. The van der Waals surface area contributed by atoms with E-state index in [0.717, 1.165) is 37.5 Å². The predicted octanol–water partition coefficient (Wildman–Crippen LogP) is 2.00. The molecule has 0 unspecified atom stereocenters. The van der Waals surface area contributed by atoms with E-state index in [9.17, 15) is 4.79 Å². The van der Waals surface area contributed by atoms with Crippen LogP contribution in [0.1, 0.15) is 12.8 Å². The quantitative estimate of drug-likeness (QED) is 0.912. The second-order valence-electron chi connectivity index (χ2n) is 6.29. The number of rotatable bonds is 4. The SMILES string of the molecule is CNC[C@@H]1CCCN(C(=O)CN2CCOc3ccc(Cl)cc32)C1. The van der Waals surface area contributed by atoms with Crippen LogP contribution in [0.15, 0.2) is 18.2 Å². The monoisotopic (exact) mass is 337 g/mol. The smallest absolute Gasteiger partial charge is 0.242 e. The van der Waals surface area contributed by atoms with Gasteiger partial charge < -0.3 is 19.9 Å². The molecule has 3 rings (SSSR count). The molecule has 1 aromatic carbocycles. The molecule has 0 bridgehead atoms. The number of fused-ring (bicyclic) bond motifs is 1. The van der Waals surface area contributed by atoms with Crippen molar-refractivity contribution in [2.45, 2.75) is 12.8 Å². The molecule has 1 aromatic rings. The number of ether oxygens (including phenoxy) is 1. The molecule has 1 atom stereocenters. The van der Waals surface area contributed by atoms with Crippen molar-refractivity contribution in [3.8, 4) is 5.75 Å². The summed E-state index contributed by atoms with van der Waals surface area (Å²) in [7, 11) is 1.97. The standard InChI is InChI=1S/C17H24ClN3O2/c1-19-10-13-3-2-6-21(11-13)17(22)12-20-7-8-23-16-5-4-14(18)9-15(16)20/h4-5,9,13,19H,2-3,6-8,10-12H2,1H3/t13-/m0/s1. The van der Waals surface area contributed by atoms with E-state index in [2.05, 4.69) is 10.2 Å². The summed E-state index contributed by atoms with van der Waals surface area (Å²) >= 11 is 6.10. The van der Waals surface area contributed by atoms with E-state index in [1.807, 2.05) is 30.1 Å². The summed E-state index contributed by atoms with van der Waals surface area (Å²) in [6, 6.07) is 5.57. The number of hydrogen-bond acceptors (Lipinski definition) is 4. The zero-order valence-corrected chi connectivity index (χ0v) is 14.3. The maximum Gasteiger partial charge on any atom is 0.242 e. The summed E-state index contributed by atoms with van der Waals surface area (Å²) < 4.78 is 5.65. The number of nitrogens with zero attached hydrogens (tertiary/aromatic N) is 2. The molecule has 5 nitrogen and oxygen atoms in total. The zero-order valence-electron chi connectivity index (χ0n) is 13.6. The van der Waals surface area contributed by atoms with Gasteiger partial charge in [-0.1, -0.05) is 11.6 Å². The minimum atomic E-state index is 0.193. The van der Waals surface area contributed by atoms with Crippen LogP contribution in [-0.2, 0) is 4.79 Å². The van der Waals surface area contributed by atoms with Crippen molar-refractivity contribution in [1.82, 2.24) is 10.2 Å². The topological polar surface area (TPSA) is 44.8 Å². The van der Waals surface area contributed by atoms with Gasteiger partial charge >= 0.3 is 0 Å². The second kappa shape index (κ2) is 7.41. The maximum absolute atomic E-state index is 12.7. The Bertz CT molecular complexity index is 565. The average molecular weight is 338 g/mol. The minimum Gasteiger partial charge on any atom is -0.490 e. The van der Waals surface area contributed by atoms with Crippen LogP contribution in [0, 0.1) is 5.92 Å². The van der Waals surface area contributed by atoms with Crippen LogP contribution in [0.4, 0.5) is 5.69 Å². The van der Waals surface area contributed by atoms with Gasteiger partial charge in [-0.25, -0.2) is 0 Å². The highest BCUT2D eigenvalue weighted by Crippen LogP contribution is 2.34. The van der Waals surface area contributed by atoms with Crippen LogP contribution >= 0.6 is 11.6 Å². The van der Waals surface area contributed by atoms with Crippen LogP contribution in [0.3, 0.4) is 0 Å². The first kappa shape index (κ1) is 16.4. The van der Waals surface area contributed by atoms with Crippen molar-refractivity contribution in [3.05, 3.63) is 23.2 Å². The lowest BCUT2D eigenvalue weighted by atomic mass is 9.98. The van der Waals surface area contributed by atoms with E-state index in [0.29, 0.717) is 30.6 Å². The van der Waals surface area contributed by atoms with E-state index in [1.165, 1.54) is 6.42 Å². The third kappa shape index (κ3) is 3.90. The molecule has 1 fully saturated rings. The lowest BCUT2D eigenvalue weighted by Crippen LogP contribution is -2.48. The van der Waals surface area contributed by atoms with Gasteiger partial charge in [0.05, 0.1) is 18.8 Å². The van der Waals surface area contributed by atoms with Gasteiger partial charge in [0.2, 0.25) is 5.91 Å². The van der Waals surface area contributed by atoms with Crippen LogP contribution < -0.4 is 15.0 Å². The molecular formula is C17H24ClN3O2. The van der Waals surface area contributed by atoms with Crippen LogP contribution in [0.5, 0.6) is 5.75 Å². The van der Waals surface area contributed by atoms with Crippen molar-refractivity contribution in [1.29, 1.82) is 0 Å². The maximum atomic E-state index is 12.7.